The highest BCUT2D eigenvalue weighted by molar-refractivity contribution is 6.67. The lowest BCUT2D eigenvalue weighted by molar-refractivity contribution is -0.153. The molecule has 1 aromatic carbocycles. The van der Waals surface area contributed by atoms with Crippen molar-refractivity contribution in [3.05, 3.63) is 47.7 Å². The van der Waals surface area contributed by atoms with E-state index < -0.39 is 69.4 Å². The fourth-order valence-corrected chi connectivity index (χ4v) is 6.57. The molecule has 3 unspecified atom stereocenters. The highest BCUT2D eigenvalue weighted by Gasteiger charge is 2.43. The van der Waals surface area contributed by atoms with Gasteiger partial charge in [0, 0.05) is 37.6 Å². The molecule has 0 saturated carbocycles. The Bertz CT molecular complexity index is 1850. The highest BCUT2D eigenvalue weighted by Crippen LogP contribution is 2.36. The van der Waals surface area contributed by atoms with Crippen molar-refractivity contribution in [1.82, 2.24) is 31.0 Å². The van der Waals surface area contributed by atoms with E-state index in [9.17, 15) is 24.0 Å². The second kappa shape index (κ2) is 21.4. The van der Waals surface area contributed by atoms with E-state index in [0.717, 1.165) is 35.5 Å². The SMILES string of the molecule is CC(=O)O.CCc1ccc2ccc(/C=C/C3(C(=O)NC(C(=O)NC(C)C(=O)N4CCCC(C(=O)OCC(Cl)(Cl)Cl)N4)C(C)C)CCN(C(=O)OC(C)(C)C)CC3)cc2n1. The number of halogens is 3. The average molecular weight is 884 g/mol. The van der Waals surface area contributed by atoms with Crippen molar-refractivity contribution in [3.63, 3.8) is 0 Å². The zero-order chi connectivity index (χ0) is 44.3. The summed E-state index contributed by atoms with van der Waals surface area (Å²) in [6, 6.07) is 7.12. The number of carbonyl (C=O) groups is 6. The Morgan fingerprint density at radius 2 is 1.64 bits per heavy atom. The third kappa shape index (κ3) is 15.4. The van der Waals surface area contributed by atoms with Gasteiger partial charge < -0.3 is 30.1 Å². The molecule has 4 rings (SSSR count). The molecule has 0 radical (unpaired) electrons. The van der Waals surface area contributed by atoms with Gasteiger partial charge in [0.2, 0.25) is 15.6 Å². The van der Waals surface area contributed by atoms with E-state index in [4.69, 9.17) is 59.2 Å². The average Bonchev–Trinajstić information content (AvgIpc) is 3.16. The number of carboxylic acid groups (broad SMARTS) is 1. The maximum Gasteiger partial charge on any atom is 0.410 e. The molecule has 2 fully saturated rings. The molecule has 3 heterocycles. The first-order valence-electron chi connectivity index (χ1n) is 19.6. The number of hydrazine groups is 1. The summed E-state index contributed by atoms with van der Waals surface area (Å²) in [7, 11) is 0. The Balaban J connectivity index is 0.00000222. The van der Waals surface area contributed by atoms with Crippen LogP contribution in [-0.2, 0) is 39.9 Å². The van der Waals surface area contributed by atoms with Gasteiger partial charge >= 0.3 is 12.1 Å². The molecular formula is C41H57Cl3N6O9. The molecule has 2 aliphatic rings. The normalized spacial score (nSPS) is 18.0. The molecule has 59 heavy (non-hydrogen) atoms. The number of esters is 1. The maximum absolute atomic E-state index is 14.4. The number of amides is 4. The minimum absolute atomic E-state index is 0.262. The van der Waals surface area contributed by atoms with Crippen LogP contribution in [0.4, 0.5) is 4.79 Å². The second-order valence-corrected chi connectivity index (χ2v) is 18.6. The predicted octanol–water partition coefficient (Wildman–Crippen LogP) is 5.97. The number of carboxylic acids is 1. The number of nitrogens with one attached hydrogen (secondary N) is 3. The molecule has 0 bridgehead atoms. The van der Waals surface area contributed by atoms with Gasteiger partial charge in [-0.15, -0.1) is 0 Å². The van der Waals surface area contributed by atoms with Crippen LogP contribution in [0.25, 0.3) is 17.0 Å². The van der Waals surface area contributed by atoms with Gasteiger partial charge in [-0.1, -0.05) is 85.9 Å². The molecule has 3 atom stereocenters. The third-order valence-electron chi connectivity index (χ3n) is 9.57. The first-order chi connectivity index (χ1) is 27.4. The Kier molecular flexibility index (Phi) is 17.8. The predicted molar refractivity (Wildman–Crippen MR) is 226 cm³/mol. The number of aryl methyl sites for hydroxylation is 1. The molecule has 4 amide bonds. The van der Waals surface area contributed by atoms with Crippen molar-refractivity contribution in [3.8, 4) is 0 Å². The van der Waals surface area contributed by atoms with Crippen LogP contribution in [0.15, 0.2) is 36.4 Å². The van der Waals surface area contributed by atoms with Crippen LogP contribution >= 0.6 is 34.8 Å². The molecule has 15 nitrogen and oxygen atoms in total. The molecule has 1 aromatic heterocycles. The zero-order valence-electron chi connectivity index (χ0n) is 34.9. The van der Waals surface area contributed by atoms with Crippen LogP contribution in [-0.4, -0.2) is 110 Å². The highest BCUT2D eigenvalue weighted by atomic mass is 35.6. The molecule has 0 aliphatic carbocycles. The van der Waals surface area contributed by atoms with E-state index in [1.807, 2.05) is 49.4 Å². The number of benzene rings is 1. The number of ether oxygens (including phenoxy) is 2. The fraction of sp³-hybridized carbons (Fsp3) is 0.585. The van der Waals surface area contributed by atoms with Crippen molar-refractivity contribution in [2.75, 3.05) is 26.2 Å². The number of hydrogen-bond donors (Lipinski definition) is 4. The Hall–Kier alpha value is -4.18. The molecule has 18 heteroatoms. The number of piperidine rings is 1. The Labute approximate surface area is 360 Å². The number of aromatic nitrogens is 1. The van der Waals surface area contributed by atoms with Crippen LogP contribution < -0.4 is 16.1 Å². The third-order valence-corrected chi connectivity index (χ3v) is 9.90. The van der Waals surface area contributed by atoms with Gasteiger partial charge in [0.25, 0.3) is 11.9 Å². The van der Waals surface area contributed by atoms with Gasteiger partial charge in [0.15, 0.2) is 0 Å². The number of hydrogen-bond acceptors (Lipinski definition) is 10. The number of aliphatic carboxylic acids is 1. The number of fused-ring (bicyclic) bond motifs is 1. The molecule has 2 saturated heterocycles. The maximum atomic E-state index is 14.4. The first-order valence-corrected chi connectivity index (χ1v) is 20.8. The van der Waals surface area contributed by atoms with Crippen molar-refractivity contribution in [2.24, 2.45) is 11.3 Å². The smallest absolute Gasteiger partial charge is 0.410 e. The van der Waals surface area contributed by atoms with Crippen LogP contribution in [0.3, 0.4) is 0 Å². The topological polar surface area (TPSA) is 197 Å². The number of carbonyl (C=O) groups excluding carboxylic acids is 5. The van der Waals surface area contributed by atoms with E-state index in [0.29, 0.717) is 19.4 Å². The van der Waals surface area contributed by atoms with Crippen LogP contribution in [0.2, 0.25) is 0 Å². The van der Waals surface area contributed by atoms with Gasteiger partial charge in [-0.2, -0.15) is 0 Å². The number of pyridine rings is 1. The standard InChI is InChI=1S/C39H53Cl3N6O7.C2H4O2/c1-8-28-14-13-27-12-11-26(22-30(27)44-28)15-16-38(17-20-47(21-18-38)36(53)55-37(5,6)7)35(52)45-31(24(2)3)32(49)43-25(4)33(50)48-19-9-10-29(46-48)34(51)54-23-39(40,41)42;1-2(3)4/h11-16,22,24-25,29,31,46H,8-10,17-21,23H2,1-7H3,(H,43,49)(H,45,52);1H3,(H,3,4)/b16-15+;. The lowest BCUT2D eigenvalue weighted by Gasteiger charge is -2.40. The van der Waals surface area contributed by atoms with E-state index >= 15 is 0 Å². The number of rotatable bonds is 11. The lowest BCUT2D eigenvalue weighted by Crippen LogP contribution is -2.61. The van der Waals surface area contributed by atoms with E-state index in [-0.39, 0.29) is 37.8 Å². The van der Waals surface area contributed by atoms with Gasteiger partial charge in [-0.05, 0) is 83.4 Å². The summed E-state index contributed by atoms with van der Waals surface area (Å²) in [5, 5.41) is 15.4. The van der Waals surface area contributed by atoms with Crippen molar-refractivity contribution in [2.45, 2.75) is 115 Å². The largest absolute Gasteiger partial charge is 0.481 e. The molecular weight excluding hydrogens is 827 g/mol. The lowest BCUT2D eigenvalue weighted by atomic mass is 9.76. The van der Waals surface area contributed by atoms with Crippen molar-refractivity contribution >= 4 is 87.5 Å². The quantitative estimate of drug-likeness (QED) is 0.153. The van der Waals surface area contributed by atoms with Crippen molar-refractivity contribution in [1.29, 1.82) is 0 Å². The molecule has 0 spiro atoms. The summed E-state index contributed by atoms with van der Waals surface area (Å²) in [6.07, 6.45) is 5.56. The minimum Gasteiger partial charge on any atom is -0.481 e. The number of alkyl halides is 3. The Morgan fingerprint density at radius 3 is 2.22 bits per heavy atom. The van der Waals surface area contributed by atoms with E-state index in [1.165, 1.54) is 11.9 Å². The fourth-order valence-electron chi connectivity index (χ4n) is 6.40. The summed E-state index contributed by atoms with van der Waals surface area (Å²) in [4.78, 5) is 82.4. The molecule has 326 valence electrons. The van der Waals surface area contributed by atoms with Crippen LogP contribution in [0.1, 0.15) is 92.3 Å². The molecule has 4 N–H and O–H groups in total. The van der Waals surface area contributed by atoms with Crippen LogP contribution in [0.5, 0.6) is 0 Å². The van der Waals surface area contributed by atoms with Gasteiger partial charge in [-0.25, -0.2) is 10.2 Å². The van der Waals surface area contributed by atoms with E-state index in [2.05, 4.69) is 16.1 Å². The molecule has 2 aliphatic heterocycles. The first kappa shape index (κ1) is 49.2. The number of likely N-dealkylation sites (tertiary alicyclic amines) is 1. The summed E-state index contributed by atoms with van der Waals surface area (Å²) in [6.45, 7) is 14.0. The summed E-state index contributed by atoms with van der Waals surface area (Å²) < 4.78 is 8.90. The summed E-state index contributed by atoms with van der Waals surface area (Å²) in [5.74, 6) is -3.26. The summed E-state index contributed by atoms with van der Waals surface area (Å²) >= 11 is 17.1. The zero-order valence-corrected chi connectivity index (χ0v) is 37.2. The Morgan fingerprint density at radius 1 is 1.02 bits per heavy atom. The number of nitrogens with zero attached hydrogens (tertiary/aromatic N) is 3. The second-order valence-electron chi connectivity index (χ2n) is 16.0. The van der Waals surface area contributed by atoms with Gasteiger partial charge in [0.1, 0.15) is 30.3 Å². The monoisotopic (exact) mass is 882 g/mol. The van der Waals surface area contributed by atoms with Crippen molar-refractivity contribution < 1.29 is 43.3 Å². The summed E-state index contributed by atoms with van der Waals surface area (Å²) in [5.41, 5.74) is 3.78. The van der Waals surface area contributed by atoms with Gasteiger partial charge in [0.05, 0.1) is 10.9 Å². The minimum atomic E-state index is -1.78. The van der Waals surface area contributed by atoms with E-state index in [1.54, 1.807) is 39.5 Å². The van der Waals surface area contributed by atoms with Gasteiger partial charge in [-0.3, -0.25) is 34.0 Å². The molecule has 2 aromatic rings. The van der Waals surface area contributed by atoms with Crippen LogP contribution in [0, 0.1) is 11.3 Å².